The van der Waals surface area contributed by atoms with E-state index in [1.807, 2.05) is 0 Å². The maximum absolute atomic E-state index is 13.0. The molecular weight excluding hydrogens is 412 g/mol. The van der Waals surface area contributed by atoms with Crippen LogP contribution in [-0.4, -0.2) is 36.7 Å². The Kier molecular flexibility index (Phi) is 5.66. The predicted molar refractivity (Wildman–Crippen MR) is 108 cm³/mol. The molecule has 30 heavy (non-hydrogen) atoms. The van der Waals surface area contributed by atoms with Crippen molar-refractivity contribution in [1.29, 1.82) is 0 Å². The van der Waals surface area contributed by atoms with Crippen molar-refractivity contribution in [3.63, 3.8) is 0 Å². The minimum atomic E-state index is -4.45. The number of ether oxygens (including phenoxy) is 1. The van der Waals surface area contributed by atoms with Crippen LogP contribution in [0.3, 0.4) is 0 Å². The first-order valence-corrected chi connectivity index (χ1v) is 10.2. The van der Waals surface area contributed by atoms with E-state index < -0.39 is 22.1 Å². The Hall–Kier alpha value is -3.59. The molecule has 156 valence electrons. The summed E-state index contributed by atoms with van der Waals surface area (Å²) in [6, 6.07) is 12.2. The van der Waals surface area contributed by atoms with Crippen molar-refractivity contribution in [2.45, 2.75) is 24.8 Å². The van der Waals surface area contributed by atoms with E-state index in [1.54, 1.807) is 32.0 Å². The average Bonchev–Trinajstić information content (AvgIpc) is 2.67. The molecule has 0 saturated carbocycles. The van der Waals surface area contributed by atoms with Gasteiger partial charge in [0.25, 0.3) is 0 Å². The van der Waals surface area contributed by atoms with Gasteiger partial charge in [-0.2, -0.15) is 8.42 Å². The molecule has 0 aliphatic carbocycles. The van der Waals surface area contributed by atoms with Gasteiger partial charge in [0, 0.05) is 10.8 Å². The maximum Gasteiger partial charge on any atom is 0.339 e. The van der Waals surface area contributed by atoms with Gasteiger partial charge >= 0.3 is 22.1 Å². The van der Waals surface area contributed by atoms with E-state index in [2.05, 4.69) is 0 Å². The van der Waals surface area contributed by atoms with Gasteiger partial charge in [0.2, 0.25) is 0 Å². The molecule has 0 heterocycles. The Bertz CT molecular complexity index is 1220. The lowest BCUT2D eigenvalue weighted by Crippen LogP contribution is -2.14. The van der Waals surface area contributed by atoms with Crippen LogP contribution in [0.1, 0.15) is 34.6 Å². The lowest BCUT2D eigenvalue weighted by molar-refractivity contribution is 0.0695. The van der Waals surface area contributed by atoms with E-state index >= 15 is 0 Å². The van der Waals surface area contributed by atoms with Crippen LogP contribution >= 0.6 is 0 Å². The van der Waals surface area contributed by atoms with Crippen molar-refractivity contribution in [3.8, 4) is 11.5 Å². The van der Waals surface area contributed by atoms with Crippen LogP contribution in [0.4, 0.5) is 0 Å². The summed E-state index contributed by atoms with van der Waals surface area (Å²) >= 11 is 0. The average molecular weight is 430 g/mol. The van der Waals surface area contributed by atoms with Crippen molar-refractivity contribution < 1.29 is 37.1 Å². The standard InChI is InChI=1S/C21H18O8S/c1-12(2)28-16-8-3-4-9-17(16)29-30(26,27)18-11-10-15(21(24)25)19-13(18)6-5-7-14(19)20(22)23/h3-12H,1-2H3,(H,22,23)(H,24,25). The van der Waals surface area contributed by atoms with Crippen molar-refractivity contribution >= 4 is 32.8 Å². The van der Waals surface area contributed by atoms with E-state index in [9.17, 15) is 28.2 Å². The summed E-state index contributed by atoms with van der Waals surface area (Å²) in [4.78, 5) is 22.8. The van der Waals surface area contributed by atoms with Gasteiger partial charge in [0.1, 0.15) is 4.90 Å². The van der Waals surface area contributed by atoms with E-state index in [0.29, 0.717) is 0 Å². The Morgan fingerprint density at radius 3 is 2.03 bits per heavy atom. The summed E-state index contributed by atoms with van der Waals surface area (Å²) in [7, 11) is -4.45. The molecule has 0 aliphatic rings. The zero-order valence-corrected chi connectivity index (χ0v) is 16.8. The lowest BCUT2D eigenvalue weighted by Gasteiger charge is -2.16. The number of carboxylic acid groups (broad SMARTS) is 2. The summed E-state index contributed by atoms with van der Waals surface area (Å²) < 4.78 is 36.9. The third kappa shape index (κ3) is 4.06. The summed E-state index contributed by atoms with van der Waals surface area (Å²) in [5, 5.41) is 18.6. The van der Waals surface area contributed by atoms with Crippen LogP contribution in [0.2, 0.25) is 0 Å². The second-order valence-corrected chi connectivity index (χ2v) is 8.12. The summed E-state index contributed by atoms with van der Waals surface area (Å²) in [5.41, 5.74) is -0.656. The summed E-state index contributed by atoms with van der Waals surface area (Å²) in [6.45, 7) is 3.55. The van der Waals surface area contributed by atoms with Crippen LogP contribution < -0.4 is 8.92 Å². The lowest BCUT2D eigenvalue weighted by atomic mass is 9.99. The first-order valence-electron chi connectivity index (χ1n) is 8.84. The first-order chi connectivity index (χ1) is 14.1. The summed E-state index contributed by atoms with van der Waals surface area (Å²) in [6.07, 6.45) is -0.230. The normalized spacial score (nSPS) is 11.4. The number of hydrogen-bond acceptors (Lipinski definition) is 6. The highest BCUT2D eigenvalue weighted by Gasteiger charge is 2.26. The smallest absolute Gasteiger partial charge is 0.339 e. The minimum Gasteiger partial charge on any atom is -0.487 e. The maximum atomic E-state index is 13.0. The molecule has 0 fully saturated rings. The molecule has 0 spiro atoms. The molecule has 0 atom stereocenters. The number of para-hydroxylation sites is 2. The van der Waals surface area contributed by atoms with Gasteiger partial charge in [0.05, 0.1) is 17.2 Å². The van der Waals surface area contributed by atoms with Gasteiger partial charge < -0.3 is 19.1 Å². The number of benzene rings is 3. The van der Waals surface area contributed by atoms with Gasteiger partial charge in [-0.15, -0.1) is 0 Å². The van der Waals surface area contributed by atoms with Crippen LogP contribution in [0.25, 0.3) is 10.8 Å². The quantitative estimate of drug-likeness (QED) is 0.542. The number of carboxylic acids is 2. The fourth-order valence-electron chi connectivity index (χ4n) is 2.99. The van der Waals surface area contributed by atoms with E-state index in [1.165, 1.54) is 24.3 Å². The molecule has 0 aromatic heterocycles. The van der Waals surface area contributed by atoms with E-state index in [4.69, 9.17) is 8.92 Å². The van der Waals surface area contributed by atoms with Crippen molar-refractivity contribution in [3.05, 3.63) is 65.7 Å². The van der Waals surface area contributed by atoms with Crippen molar-refractivity contribution in [2.75, 3.05) is 0 Å². The van der Waals surface area contributed by atoms with Gasteiger partial charge in [0.15, 0.2) is 11.5 Å². The molecule has 3 aromatic carbocycles. The summed E-state index contributed by atoms with van der Waals surface area (Å²) in [5.74, 6) is -2.59. The van der Waals surface area contributed by atoms with Crippen LogP contribution in [0, 0.1) is 0 Å². The van der Waals surface area contributed by atoms with Crippen LogP contribution in [-0.2, 0) is 10.1 Å². The largest absolute Gasteiger partial charge is 0.487 e. The Morgan fingerprint density at radius 2 is 1.43 bits per heavy atom. The Balaban J connectivity index is 2.20. The molecule has 0 saturated heterocycles. The molecule has 2 N–H and O–H groups in total. The minimum absolute atomic E-state index is 0.0453. The topological polar surface area (TPSA) is 127 Å². The van der Waals surface area contributed by atoms with E-state index in [-0.39, 0.29) is 44.4 Å². The predicted octanol–water partition coefficient (Wildman–Crippen LogP) is 3.79. The molecule has 9 heteroatoms. The highest BCUT2D eigenvalue weighted by molar-refractivity contribution is 7.87. The second kappa shape index (κ2) is 8.03. The zero-order valence-electron chi connectivity index (χ0n) is 16.0. The SMILES string of the molecule is CC(C)Oc1ccccc1OS(=O)(=O)c1ccc(C(=O)O)c2c(C(=O)O)cccc12. The van der Waals surface area contributed by atoms with Gasteiger partial charge in [-0.1, -0.05) is 24.3 Å². The van der Waals surface area contributed by atoms with Crippen molar-refractivity contribution in [2.24, 2.45) is 0 Å². The number of fused-ring (bicyclic) bond motifs is 1. The number of rotatable bonds is 7. The third-order valence-corrected chi connectivity index (χ3v) is 5.44. The zero-order chi connectivity index (χ0) is 22.1. The molecule has 0 bridgehead atoms. The molecule has 0 aliphatic heterocycles. The molecule has 3 aromatic rings. The van der Waals surface area contributed by atoms with Crippen molar-refractivity contribution in [1.82, 2.24) is 0 Å². The number of hydrogen-bond donors (Lipinski definition) is 2. The molecule has 0 radical (unpaired) electrons. The fourth-order valence-corrected chi connectivity index (χ4v) is 4.13. The van der Waals surface area contributed by atoms with Gasteiger partial charge in [-0.25, -0.2) is 9.59 Å². The second-order valence-electron chi connectivity index (χ2n) is 6.60. The first kappa shape index (κ1) is 21.1. The van der Waals surface area contributed by atoms with E-state index in [0.717, 1.165) is 12.1 Å². The number of aromatic carboxylic acids is 2. The molecular formula is C21H18O8S. The van der Waals surface area contributed by atoms with Crippen LogP contribution in [0.15, 0.2) is 59.5 Å². The molecule has 8 nitrogen and oxygen atoms in total. The highest BCUT2D eigenvalue weighted by Crippen LogP contribution is 2.34. The Morgan fingerprint density at radius 1 is 0.833 bits per heavy atom. The molecule has 0 amide bonds. The number of carbonyl (C=O) groups is 2. The fraction of sp³-hybridized carbons (Fsp3) is 0.143. The molecule has 3 rings (SSSR count). The third-order valence-electron chi connectivity index (χ3n) is 4.14. The van der Waals surface area contributed by atoms with Gasteiger partial charge in [-0.3, -0.25) is 0 Å². The van der Waals surface area contributed by atoms with Crippen LogP contribution in [0.5, 0.6) is 11.5 Å². The molecule has 0 unspecified atom stereocenters. The van der Waals surface area contributed by atoms with Gasteiger partial charge in [-0.05, 0) is 44.2 Å². The highest BCUT2D eigenvalue weighted by atomic mass is 32.2. The monoisotopic (exact) mass is 430 g/mol. The Labute approximate surface area is 172 Å².